The van der Waals surface area contributed by atoms with Gasteiger partial charge in [0.1, 0.15) is 0 Å². The highest BCUT2D eigenvalue weighted by Crippen LogP contribution is 2.39. The number of hydrogen-bond acceptors (Lipinski definition) is 8. The number of piperidine rings is 1. The van der Waals surface area contributed by atoms with Crippen LogP contribution in [0.2, 0.25) is 0 Å². The molecule has 2 aromatic heterocycles. The number of alkyl halides is 3. The lowest BCUT2D eigenvalue weighted by atomic mass is 10.1. The molecule has 1 fully saturated rings. The number of nitrogens with zero attached hydrogens (tertiary/aromatic N) is 6. The van der Waals surface area contributed by atoms with Gasteiger partial charge in [0.05, 0.1) is 12.2 Å². The summed E-state index contributed by atoms with van der Waals surface area (Å²) in [6.07, 6.45) is -4.18. The summed E-state index contributed by atoms with van der Waals surface area (Å²) in [6, 6.07) is 8.86. The van der Waals surface area contributed by atoms with E-state index >= 15 is 0 Å². The summed E-state index contributed by atoms with van der Waals surface area (Å²) in [6.45, 7) is 2.90. The van der Waals surface area contributed by atoms with Crippen molar-refractivity contribution < 1.29 is 22.8 Å². The predicted molar refractivity (Wildman–Crippen MR) is 150 cm³/mol. The maximum Gasteiger partial charge on any atom is 0.497 e. The molecule has 1 unspecified atom stereocenters. The molecule has 1 aromatic carbocycles. The van der Waals surface area contributed by atoms with Crippen molar-refractivity contribution in [2.45, 2.75) is 45.5 Å². The molecule has 5 rings (SSSR count). The van der Waals surface area contributed by atoms with Crippen LogP contribution in [0.3, 0.4) is 0 Å². The molecule has 2 aliphatic rings. The Morgan fingerprint density at radius 3 is 2.67 bits per heavy atom. The van der Waals surface area contributed by atoms with Gasteiger partial charge in [-0.3, -0.25) is 19.4 Å². The van der Waals surface area contributed by atoms with Crippen molar-refractivity contribution in [2.24, 2.45) is 17.8 Å². The molecule has 0 bridgehead atoms. The van der Waals surface area contributed by atoms with Crippen LogP contribution >= 0.6 is 0 Å². The molecule has 4 heterocycles. The molecule has 2 atom stereocenters. The van der Waals surface area contributed by atoms with E-state index in [1.807, 2.05) is 24.3 Å². The number of likely N-dealkylation sites (tertiary alicyclic amines) is 1. The van der Waals surface area contributed by atoms with E-state index in [1.54, 1.807) is 17.9 Å². The van der Waals surface area contributed by atoms with Crippen LogP contribution in [-0.2, 0) is 23.2 Å². The summed E-state index contributed by atoms with van der Waals surface area (Å²) < 4.78 is 41.6. The van der Waals surface area contributed by atoms with Gasteiger partial charge in [0, 0.05) is 37.3 Å². The number of aryl methyl sites for hydroxylation is 1. The molecular formula is C28H29F3N7O4+. The number of benzene rings is 1. The van der Waals surface area contributed by atoms with E-state index in [9.17, 15) is 27.6 Å². The smallest absolute Gasteiger partial charge is 0.326 e. The fourth-order valence-corrected chi connectivity index (χ4v) is 5.43. The van der Waals surface area contributed by atoms with Crippen LogP contribution in [0, 0.1) is 18.8 Å². The van der Waals surface area contributed by atoms with Gasteiger partial charge in [-0.2, -0.15) is 18.2 Å². The van der Waals surface area contributed by atoms with E-state index in [4.69, 9.17) is 10.6 Å². The number of carbonyl (C=O) groups is 1. The Hall–Kier alpha value is -4.48. The van der Waals surface area contributed by atoms with Gasteiger partial charge in [-0.05, 0) is 48.7 Å². The van der Waals surface area contributed by atoms with Crippen LogP contribution in [-0.4, -0.2) is 63.0 Å². The zero-order valence-corrected chi connectivity index (χ0v) is 23.2. The minimum Gasteiger partial charge on any atom is -0.326 e. The molecule has 11 nitrogen and oxygen atoms in total. The molecule has 0 radical (unpaired) electrons. The van der Waals surface area contributed by atoms with Crippen molar-refractivity contribution in [3.63, 3.8) is 0 Å². The Morgan fingerprint density at radius 1 is 1.24 bits per heavy atom. The van der Waals surface area contributed by atoms with Crippen molar-refractivity contribution in [3.8, 4) is 11.8 Å². The molecule has 1 saturated heterocycles. The number of nitrogens with two attached hydrogens (primary N) is 1. The topological polar surface area (TPSA) is 125 Å². The second kappa shape index (κ2) is 10.7. The lowest BCUT2D eigenvalue weighted by Crippen LogP contribution is -2.64. The van der Waals surface area contributed by atoms with Gasteiger partial charge in [0.15, 0.2) is 6.54 Å². The number of quaternary nitrogens is 1. The highest BCUT2D eigenvalue weighted by atomic mass is 19.4. The Labute approximate surface area is 238 Å². The summed E-state index contributed by atoms with van der Waals surface area (Å²) >= 11 is 0. The SMILES string of the molecule is CC#CC[N@+]1(OC(=O)C(F)(F)F)C(N2CCCC(N)C2)=Nc2c1c(=O)n(Cc1nc(C)cc3ccccc13)n(C)c2=O. The van der Waals surface area contributed by atoms with Crippen LogP contribution in [0.25, 0.3) is 10.8 Å². The molecule has 2 aliphatic heterocycles. The zero-order chi connectivity index (χ0) is 30.4. The van der Waals surface area contributed by atoms with E-state index in [-0.39, 0.29) is 25.1 Å². The summed E-state index contributed by atoms with van der Waals surface area (Å²) in [5.74, 6) is 2.44. The number of pyridine rings is 1. The van der Waals surface area contributed by atoms with Crippen molar-refractivity contribution >= 4 is 34.1 Å². The van der Waals surface area contributed by atoms with E-state index in [0.717, 1.165) is 20.1 Å². The van der Waals surface area contributed by atoms with E-state index in [2.05, 4.69) is 21.8 Å². The number of aliphatic imine (C=N–C) groups is 1. The van der Waals surface area contributed by atoms with Crippen LogP contribution < -0.4 is 21.5 Å². The van der Waals surface area contributed by atoms with Gasteiger partial charge in [0.25, 0.3) is 11.2 Å². The molecule has 2 N–H and O–H groups in total. The van der Waals surface area contributed by atoms with Crippen LogP contribution in [0.5, 0.6) is 0 Å². The molecule has 0 amide bonds. The maximum absolute atomic E-state index is 14.3. The monoisotopic (exact) mass is 584 g/mol. The summed E-state index contributed by atoms with van der Waals surface area (Å²) in [4.78, 5) is 56.0. The zero-order valence-electron chi connectivity index (χ0n) is 23.2. The van der Waals surface area contributed by atoms with E-state index in [0.29, 0.717) is 30.8 Å². The number of carbonyl (C=O) groups excluding carboxylic acids is 1. The maximum atomic E-state index is 14.3. The third-order valence-electron chi connectivity index (χ3n) is 7.35. The van der Waals surface area contributed by atoms with E-state index < -0.39 is 45.8 Å². The van der Waals surface area contributed by atoms with Crippen molar-refractivity contribution in [1.82, 2.24) is 23.9 Å². The van der Waals surface area contributed by atoms with Crippen LogP contribution in [0.15, 0.2) is 44.9 Å². The second-order valence-corrected chi connectivity index (χ2v) is 10.3. The van der Waals surface area contributed by atoms with Gasteiger partial charge in [0.2, 0.25) is 5.69 Å². The Bertz CT molecular complexity index is 1800. The summed E-state index contributed by atoms with van der Waals surface area (Å²) in [5, 5.41) is 1.58. The van der Waals surface area contributed by atoms with Gasteiger partial charge < -0.3 is 10.6 Å². The third-order valence-corrected chi connectivity index (χ3v) is 7.35. The number of aromatic nitrogens is 3. The lowest BCUT2D eigenvalue weighted by molar-refractivity contribution is -0.222. The molecule has 14 heteroatoms. The number of halogens is 3. The molecule has 0 spiro atoms. The Balaban J connectivity index is 1.77. The first-order chi connectivity index (χ1) is 19.9. The number of hydrogen-bond donors (Lipinski definition) is 1. The van der Waals surface area contributed by atoms with Crippen molar-refractivity contribution in [1.29, 1.82) is 0 Å². The van der Waals surface area contributed by atoms with Crippen LogP contribution in [0.1, 0.15) is 31.2 Å². The average molecular weight is 585 g/mol. The molecule has 0 saturated carbocycles. The normalized spacial score (nSPS) is 20.1. The average Bonchev–Trinajstić information content (AvgIpc) is 3.27. The summed E-state index contributed by atoms with van der Waals surface area (Å²) in [5.41, 5.74) is 4.66. The highest BCUT2D eigenvalue weighted by molar-refractivity contribution is 6.01. The van der Waals surface area contributed by atoms with Crippen molar-refractivity contribution in [2.75, 3.05) is 19.6 Å². The van der Waals surface area contributed by atoms with Gasteiger partial charge in [-0.25, -0.2) is 14.2 Å². The van der Waals surface area contributed by atoms with Crippen molar-refractivity contribution in [3.05, 3.63) is 62.4 Å². The molecule has 3 aromatic rings. The lowest BCUT2D eigenvalue weighted by Gasteiger charge is -2.37. The first kappa shape index (κ1) is 29.0. The highest BCUT2D eigenvalue weighted by Gasteiger charge is 2.59. The van der Waals surface area contributed by atoms with Gasteiger partial charge in [-0.1, -0.05) is 24.3 Å². The summed E-state index contributed by atoms with van der Waals surface area (Å²) in [7, 11) is 1.36. The molecule has 220 valence electrons. The number of rotatable bonds is 4. The van der Waals surface area contributed by atoms with Crippen LogP contribution in [0.4, 0.5) is 24.5 Å². The minimum absolute atomic E-state index is 0.156. The first-order valence-electron chi connectivity index (χ1n) is 13.3. The quantitative estimate of drug-likeness (QED) is 0.368. The van der Waals surface area contributed by atoms with E-state index in [1.165, 1.54) is 14.0 Å². The largest absolute Gasteiger partial charge is 0.497 e. The number of hydroxylamine groups is 2. The number of guanidine groups is 1. The van der Waals surface area contributed by atoms with Gasteiger partial charge >= 0.3 is 23.7 Å². The number of fused-ring (bicyclic) bond motifs is 2. The first-order valence-corrected chi connectivity index (χ1v) is 13.3. The second-order valence-electron chi connectivity index (χ2n) is 10.3. The third kappa shape index (κ3) is 4.94. The fourth-order valence-electron chi connectivity index (χ4n) is 5.43. The van der Waals surface area contributed by atoms with Gasteiger partial charge in [-0.15, -0.1) is 5.92 Å². The standard InChI is InChI=1S/C28H29F3N7O4/c1-4-5-13-38(42-26(41)28(29,30)31)23-22(34-27(38)36-12-8-10-19(32)15-36)24(39)35(3)37(25(23)40)16-21-20-11-7-6-9-18(20)14-17(2)33-21/h6-7,9,11,14,19H,8,10,12-13,15-16,32H2,1-3H3/q+1/t19?,38-/m1/s1. The molecule has 42 heavy (non-hydrogen) atoms. The molecule has 0 aliphatic carbocycles. The Kier molecular flexibility index (Phi) is 7.42. The minimum atomic E-state index is -5.40. The fraction of sp³-hybridized carbons (Fsp3) is 0.393. The predicted octanol–water partition coefficient (Wildman–Crippen LogP) is 2.23. The Morgan fingerprint density at radius 2 is 1.98 bits per heavy atom. The molecular weight excluding hydrogens is 555 g/mol.